The Labute approximate surface area is 118 Å². The van der Waals surface area contributed by atoms with Crippen LogP contribution in [0.3, 0.4) is 0 Å². The predicted molar refractivity (Wildman–Crippen MR) is 80.5 cm³/mol. The molecule has 3 heteroatoms. The van der Waals surface area contributed by atoms with E-state index in [1.165, 1.54) is 5.56 Å². The van der Waals surface area contributed by atoms with Gasteiger partial charge in [0.2, 0.25) is 0 Å². The van der Waals surface area contributed by atoms with Crippen LogP contribution in [0.5, 0.6) is 0 Å². The van der Waals surface area contributed by atoms with Crippen LogP contribution in [0.1, 0.15) is 42.8 Å². The molecule has 1 atom stereocenters. The molecule has 2 aromatic rings. The van der Waals surface area contributed by atoms with Gasteiger partial charge in [0.05, 0.1) is 10.4 Å². The molecule has 0 spiro atoms. The number of nitrogens with two attached hydrogens (primary N) is 1. The number of benzene rings is 1. The maximum Gasteiger partial charge on any atom is 0.0931 e. The highest BCUT2D eigenvalue weighted by Crippen LogP contribution is 2.30. The number of hydrogen-bond acceptors (Lipinski definition) is 2. The maximum absolute atomic E-state index is 6.24. The van der Waals surface area contributed by atoms with Gasteiger partial charge in [0.1, 0.15) is 0 Å². The minimum absolute atomic E-state index is 0.0866. The SMILES string of the molecule is CC(C)(C)c1ccc(C(N)c2ccc(Cl)s2)cc1. The van der Waals surface area contributed by atoms with Crippen LogP contribution in [-0.4, -0.2) is 0 Å². The highest BCUT2D eigenvalue weighted by molar-refractivity contribution is 7.16. The van der Waals surface area contributed by atoms with Crippen molar-refractivity contribution in [2.24, 2.45) is 5.73 Å². The first-order chi connectivity index (χ1) is 8.38. The Kier molecular flexibility index (Phi) is 3.81. The summed E-state index contributed by atoms with van der Waals surface area (Å²) in [7, 11) is 0. The van der Waals surface area contributed by atoms with Crippen molar-refractivity contribution in [1.82, 2.24) is 0 Å². The lowest BCUT2D eigenvalue weighted by molar-refractivity contribution is 0.590. The molecule has 0 saturated heterocycles. The van der Waals surface area contributed by atoms with Crippen molar-refractivity contribution in [1.29, 1.82) is 0 Å². The van der Waals surface area contributed by atoms with Crippen LogP contribution in [0.2, 0.25) is 4.34 Å². The molecule has 1 heterocycles. The van der Waals surface area contributed by atoms with Crippen LogP contribution in [0.25, 0.3) is 0 Å². The van der Waals surface area contributed by atoms with Crippen molar-refractivity contribution in [3.8, 4) is 0 Å². The van der Waals surface area contributed by atoms with E-state index >= 15 is 0 Å². The molecule has 1 nitrogen and oxygen atoms in total. The number of rotatable bonds is 2. The topological polar surface area (TPSA) is 26.0 Å². The summed E-state index contributed by atoms with van der Waals surface area (Å²) in [6.07, 6.45) is 0. The molecule has 96 valence electrons. The third-order valence-corrected chi connectivity index (χ3v) is 4.35. The average Bonchev–Trinajstić information content (AvgIpc) is 2.74. The first-order valence-electron chi connectivity index (χ1n) is 5.99. The molecular weight excluding hydrogens is 262 g/mol. The van der Waals surface area contributed by atoms with Gasteiger partial charge in [-0.3, -0.25) is 0 Å². The Bertz CT molecular complexity index is 522. The molecule has 18 heavy (non-hydrogen) atoms. The molecular formula is C15H18ClNS. The number of thiophene rings is 1. The van der Waals surface area contributed by atoms with Gasteiger partial charge in [0, 0.05) is 4.88 Å². The van der Waals surface area contributed by atoms with Gasteiger partial charge in [-0.25, -0.2) is 0 Å². The quantitative estimate of drug-likeness (QED) is 0.844. The summed E-state index contributed by atoms with van der Waals surface area (Å²) in [5.74, 6) is 0. The smallest absolute Gasteiger partial charge is 0.0931 e. The van der Waals surface area contributed by atoms with E-state index in [0.29, 0.717) is 0 Å². The minimum atomic E-state index is -0.0866. The summed E-state index contributed by atoms with van der Waals surface area (Å²) in [4.78, 5) is 1.10. The lowest BCUT2D eigenvalue weighted by Crippen LogP contribution is -2.13. The Hall–Kier alpha value is -0.830. The van der Waals surface area contributed by atoms with E-state index in [-0.39, 0.29) is 11.5 Å². The first-order valence-corrected chi connectivity index (χ1v) is 7.18. The molecule has 2 rings (SSSR count). The Morgan fingerprint density at radius 2 is 1.67 bits per heavy atom. The van der Waals surface area contributed by atoms with Gasteiger partial charge in [-0.1, -0.05) is 56.6 Å². The largest absolute Gasteiger partial charge is 0.320 e. The first kappa shape index (κ1) is 13.6. The number of halogens is 1. The van der Waals surface area contributed by atoms with Crippen LogP contribution >= 0.6 is 22.9 Å². The summed E-state index contributed by atoms with van der Waals surface area (Å²) in [5.41, 5.74) is 8.86. The number of hydrogen-bond donors (Lipinski definition) is 1. The van der Waals surface area contributed by atoms with E-state index < -0.39 is 0 Å². The summed E-state index contributed by atoms with van der Waals surface area (Å²) in [5, 5.41) is 0. The molecule has 1 aromatic heterocycles. The summed E-state index contributed by atoms with van der Waals surface area (Å²) >= 11 is 7.48. The van der Waals surface area contributed by atoms with Crippen molar-refractivity contribution in [2.75, 3.05) is 0 Å². The summed E-state index contributed by atoms with van der Waals surface area (Å²) in [6, 6.07) is 12.3. The fourth-order valence-electron chi connectivity index (χ4n) is 1.85. The van der Waals surface area contributed by atoms with E-state index in [0.717, 1.165) is 14.8 Å². The zero-order valence-electron chi connectivity index (χ0n) is 10.9. The van der Waals surface area contributed by atoms with Crippen LogP contribution in [0.4, 0.5) is 0 Å². The second-order valence-corrected chi connectivity index (χ2v) is 7.24. The van der Waals surface area contributed by atoms with Crippen molar-refractivity contribution in [2.45, 2.75) is 32.2 Å². The van der Waals surface area contributed by atoms with E-state index in [1.807, 2.05) is 12.1 Å². The molecule has 0 aliphatic carbocycles. The maximum atomic E-state index is 6.24. The molecule has 2 N–H and O–H groups in total. The fraction of sp³-hybridized carbons (Fsp3) is 0.333. The lowest BCUT2D eigenvalue weighted by atomic mass is 9.86. The van der Waals surface area contributed by atoms with Gasteiger partial charge in [-0.2, -0.15) is 0 Å². The highest BCUT2D eigenvalue weighted by atomic mass is 35.5. The van der Waals surface area contributed by atoms with Gasteiger partial charge >= 0.3 is 0 Å². The van der Waals surface area contributed by atoms with E-state index in [4.69, 9.17) is 17.3 Å². The van der Waals surface area contributed by atoms with Crippen molar-refractivity contribution in [3.63, 3.8) is 0 Å². The zero-order chi connectivity index (χ0) is 13.3. The molecule has 1 aromatic carbocycles. The van der Waals surface area contributed by atoms with Gasteiger partial charge in [0.15, 0.2) is 0 Å². The van der Waals surface area contributed by atoms with Crippen molar-refractivity contribution < 1.29 is 0 Å². The van der Waals surface area contributed by atoms with Crippen LogP contribution in [0, 0.1) is 0 Å². The monoisotopic (exact) mass is 279 g/mol. The van der Waals surface area contributed by atoms with E-state index in [1.54, 1.807) is 11.3 Å². The zero-order valence-corrected chi connectivity index (χ0v) is 12.5. The predicted octanol–water partition coefficient (Wildman–Crippen LogP) is 4.75. The minimum Gasteiger partial charge on any atom is -0.320 e. The average molecular weight is 280 g/mol. The van der Waals surface area contributed by atoms with E-state index in [9.17, 15) is 0 Å². The third-order valence-electron chi connectivity index (χ3n) is 3.04. The Morgan fingerprint density at radius 1 is 1.06 bits per heavy atom. The van der Waals surface area contributed by atoms with Crippen molar-refractivity contribution in [3.05, 3.63) is 56.7 Å². The third kappa shape index (κ3) is 2.94. The Morgan fingerprint density at radius 3 is 2.11 bits per heavy atom. The normalized spacial score (nSPS) is 13.6. The molecule has 1 unspecified atom stereocenters. The van der Waals surface area contributed by atoms with Gasteiger partial charge < -0.3 is 5.73 Å². The van der Waals surface area contributed by atoms with Crippen LogP contribution in [-0.2, 0) is 5.41 Å². The van der Waals surface area contributed by atoms with Crippen molar-refractivity contribution >= 4 is 22.9 Å². The summed E-state index contributed by atoms with van der Waals surface area (Å²) < 4.78 is 0.784. The highest BCUT2D eigenvalue weighted by Gasteiger charge is 2.15. The standard InChI is InChI=1S/C15H18ClNS/c1-15(2,3)11-6-4-10(5-7-11)14(17)12-8-9-13(16)18-12/h4-9,14H,17H2,1-3H3. The molecule has 0 aliphatic heterocycles. The second kappa shape index (κ2) is 5.04. The second-order valence-electron chi connectivity index (χ2n) is 5.49. The van der Waals surface area contributed by atoms with Crippen LogP contribution < -0.4 is 5.73 Å². The summed E-state index contributed by atoms with van der Waals surface area (Å²) in [6.45, 7) is 6.63. The van der Waals surface area contributed by atoms with E-state index in [2.05, 4.69) is 45.0 Å². The van der Waals surface area contributed by atoms with Gasteiger partial charge in [-0.05, 0) is 28.7 Å². The van der Waals surface area contributed by atoms with Crippen LogP contribution in [0.15, 0.2) is 36.4 Å². The molecule has 0 radical (unpaired) electrons. The lowest BCUT2D eigenvalue weighted by Gasteiger charge is -2.20. The molecule has 0 bridgehead atoms. The molecule has 0 saturated carbocycles. The molecule has 0 fully saturated rings. The molecule has 0 aliphatic rings. The fourth-order valence-corrected chi connectivity index (χ4v) is 2.94. The molecule has 0 amide bonds. The van der Waals surface area contributed by atoms with Gasteiger partial charge in [-0.15, -0.1) is 11.3 Å². The van der Waals surface area contributed by atoms with Gasteiger partial charge in [0.25, 0.3) is 0 Å². The Balaban J connectivity index is 2.24.